The lowest BCUT2D eigenvalue weighted by molar-refractivity contribution is 0.596. The molecule has 2 heterocycles. The minimum absolute atomic E-state index is 0.444. The highest BCUT2D eigenvalue weighted by molar-refractivity contribution is 5.26. The van der Waals surface area contributed by atoms with E-state index in [1.54, 1.807) is 0 Å². The quantitative estimate of drug-likeness (QED) is 0.828. The van der Waals surface area contributed by atoms with Gasteiger partial charge in [-0.2, -0.15) is 5.10 Å². The standard InChI is InChI=1S/C13H15N3/c1-10-12-9-16(15-13(12)7-14-10)8-11-5-3-2-4-6-11/h2-6,9-10,14H,7-8H2,1H3. The summed E-state index contributed by atoms with van der Waals surface area (Å²) < 4.78 is 2.04. The van der Waals surface area contributed by atoms with Crippen molar-refractivity contribution in [1.29, 1.82) is 0 Å². The molecule has 0 aliphatic carbocycles. The number of benzene rings is 1. The molecule has 0 saturated heterocycles. The van der Waals surface area contributed by atoms with Crippen molar-refractivity contribution in [2.75, 3.05) is 0 Å². The van der Waals surface area contributed by atoms with Crippen molar-refractivity contribution in [2.45, 2.75) is 26.1 Å². The average Bonchev–Trinajstić information content (AvgIpc) is 2.83. The van der Waals surface area contributed by atoms with Crippen molar-refractivity contribution < 1.29 is 0 Å². The van der Waals surface area contributed by atoms with Crippen molar-refractivity contribution in [3.05, 3.63) is 53.3 Å². The van der Waals surface area contributed by atoms with E-state index < -0.39 is 0 Å². The van der Waals surface area contributed by atoms with Gasteiger partial charge in [0.15, 0.2) is 0 Å². The molecule has 16 heavy (non-hydrogen) atoms. The van der Waals surface area contributed by atoms with E-state index in [-0.39, 0.29) is 0 Å². The van der Waals surface area contributed by atoms with E-state index in [0.29, 0.717) is 6.04 Å². The molecule has 1 aliphatic heterocycles. The fourth-order valence-electron chi connectivity index (χ4n) is 2.19. The molecule has 1 aromatic carbocycles. The van der Waals surface area contributed by atoms with Gasteiger partial charge in [-0.25, -0.2) is 0 Å². The second-order valence-corrected chi connectivity index (χ2v) is 4.32. The molecule has 82 valence electrons. The maximum Gasteiger partial charge on any atom is 0.0810 e. The Labute approximate surface area is 95.1 Å². The third-order valence-corrected chi connectivity index (χ3v) is 3.10. The number of hydrogen-bond donors (Lipinski definition) is 1. The summed E-state index contributed by atoms with van der Waals surface area (Å²) in [5.74, 6) is 0. The zero-order valence-electron chi connectivity index (χ0n) is 9.35. The van der Waals surface area contributed by atoms with E-state index in [0.717, 1.165) is 13.1 Å². The lowest BCUT2D eigenvalue weighted by atomic mass is 10.2. The molecule has 1 N–H and O–H groups in total. The Balaban J connectivity index is 1.84. The number of rotatable bonds is 2. The van der Waals surface area contributed by atoms with Gasteiger partial charge in [-0.05, 0) is 12.5 Å². The Morgan fingerprint density at radius 2 is 2.19 bits per heavy atom. The molecule has 0 bridgehead atoms. The first-order valence-corrected chi connectivity index (χ1v) is 5.66. The summed E-state index contributed by atoms with van der Waals surface area (Å²) in [5.41, 5.74) is 3.84. The molecular formula is C13H15N3. The highest BCUT2D eigenvalue weighted by atomic mass is 15.3. The van der Waals surface area contributed by atoms with Crippen LogP contribution < -0.4 is 5.32 Å². The van der Waals surface area contributed by atoms with Crippen LogP contribution in [0.3, 0.4) is 0 Å². The van der Waals surface area contributed by atoms with Crippen molar-refractivity contribution in [1.82, 2.24) is 15.1 Å². The molecule has 1 aromatic heterocycles. The van der Waals surface area contributed by atoms with Gasteiger partial charge in [0.05, 0.1) is 12.2 Å². The SMILES string of the molecule is CC1NCc2nn(Cc3ccccc3)cc21. The normalized spacial score (nSPS) is 18.7. The first-order chi connectivity index (χ1) is 7.83. The topological polar surface area (TPSA) is 29.9 Å². The summed E-state index contributed by atoms with van der Waals surface area (Å²) >= 11 is 0. The van der Waals surface area contributed by atoms with Gasteiger partial charge < -0.3 is 5.32 Å². The highest BCUT2D eigenvalue weighted by Gasteiger charge is 2.21. The van der Waals surface area contributed by atoms with Crippen LogP contribution in [0.2, 0.25) is 0 Å². The Hall–Kier alpha value is -1.61. The van der Waals surface area contributed by atoms with Crippen molar-refractivity contribution in [3.63, 3.8) is 0 Å². The number of hydrogen-bond acceptors (Lipinski definition) is 2. The van der Waals surface area contributed by atoms with Crippen LogP contribution in [0.5, 0.6) is 0 Å². The number of nitrogens with zero attached hydrogens (tertiary/aromatic N) is 2. The summed E-state index contributed by atoms with van der Waals surface area (Å²) in [5, 5.41) is 7.97. The third-order valence-electron chi connectivity index (χ3n) is 3.10. The lowest BCUT2D eigenvalue weighted by Crippen LogP contribution is -2.10. The van der Waals surface area contributed by atoms with E-state index in [1.165, 1.54) is 16.8 Å². The van der Waals surface area contributed by atoms with Crippen LogP contribution in [0.1, 0.15) is 29.8 Å². The zero-order valence-corrected chi connectivity index (χ0v) is 9.35. The maximum atomic E-state index is 4.59. The molecule has 3 rings (SSSR count). The van der Waals surface area contributed by atoms with Gasteiger partial charge in [0.1, 0.15) is 0 Å². The van der Waals surface area contributed by atoms with E-state index in [1.807, 2.05) is 10.7 Å². The molecule has 1 atom stereocenters. The van der Waals surface area contributed by atoms with Crippen molar-refractivity contribution in [2.24, 2.45) is 0 Å². The fourth-order valence-corrected chi connectivity index (χ4v) is 2.19. The van der Waals surface area contributed by atoms with Gasteiger partial charge in [-0.1, -0.05) is 30.3 Å². The van der Waals surface area contributed by atoms with Crippen LogP contribution in [0.15, 0.2) is 36.5 Å². The molecule has 0 saturated carbocycles. The lowest BCUT2D eigenvalue weighted by Gasteiger charge is -2.04. The molecule has 1 aliphatic rings. The van der Waals surface area contributed by atoms with Crippen LogP contribution in [0, 0.1) is 0 Å². The molecule has 0 spiro atoms. The summed E-state index contributed by atoms with van der Waals surface area (Å²) in [6.07, 6.45) is 2.16. The Morgan fingerprint density at radius 1 is 1.38 bits per heavy atom. The molecule has 2 aromatic rings. The van der Waals surface area contributed by atoms with Gasteiger partial charge >= 0.3 is 0 Å². The second kappa shape index (κ2) is 3.76. The molecule has 3 heteroatoms. The van der Waals surface area contributed by atoms with Gasteiger partial charge in [0.25, 0.3) is 0 Å². The first-order valence-electron chi connectivity index (χ1n) is 5.66. The highest BCUT2D eigenvalue weighted by Crippen LogP contribution is 2.23. The van der Waals surface area contributed by atoms with Crippen LogP contribution in [-0.4, -0.2) is 9.78 Å². The van der Waals surface area contributed by atoms with Gasteiger partial charge in [0, 0.05) is 24.3 Å². The van der Waals surface area contributed by atoms with Crippen molar-refractivity contribution >= 4 is 0 Å². The smallest absolute Gasteiger partial charge is 0.0810 e. The van der Waals surface area contributed by atoms with E-state index in [9.17, 15) is 0 Å². The van der Waals surface area contributed by atoms with Crippen LogP contribution in [0.25, 0.3) is 0 Å². The zero-order chi connectivity index (χ0) is 11.0. The number of nitrogens with one attached hydrogen (secondary N) is 1. The average molecular weight is 213 g/mol. The second-order valence-electron chi connectivity index (χ2n) is 4.32. The fraction of sp³-hybridized carbons (Fsp3) is 0.308. The maximum absolute atomic E-state index is 4.59. The van der Waals surface area contributed by atoms with Crippen LogP contribution in [0.4, 0.5) is 0 Å². The van der Waals surface area contributed by atoms with Gasteiger partial charge in [0.2, 0.25) is 0 Å². The van der Waals surface area contributed by atoms with Gasteiger partial charge in [-0.15, -0.1) is 0 Å². The van der Waals surface area contributed by atoms with Crippen LogP contribution in [-0.2, 0) is 13.1 Å². The largest absolute Gasteiger partial charge is 0.304 e. The Bertz CT molecular complexity index is 487. The predicted octanol–water partition coefficient (Wildman–Crippen LogP) is 2.10. The summed E-state index contributed by atoms with van der Waals surface area (Å²) in [6.45, 7) is 3.94. The van der Waals surface area contributed by atoms with Crippen LogP contribution >= 0.6 is 0 Å². The summed E-state index contributed by atoms with van der Waals surface area (Å²) in [4.78, 5) is 0. The first kappa shape index (κ1) is 9.60. The molecular weight excluding hydrogens is 198 g/mol. The Kier molecular flexibility index (Phi) is 2.26. The van der Waals surface area contributed by atoms with E-state index in [2.05, 4.69) is 47.8 Å². The summed E-state index contributed by atoms with van der Waals surface area (Å²) in [7, 11) is 0. The van der Waals surface area contributed by atoms with Crippen molar-refractivity contribution in [3.8, 4) is 0 Å². The van der Waals surface area contributed by atoms with Gasteiger partial charge in [-0.3, -0.25) is 4.68 Å². The number of fused-ring (bicyclic) bond motifs is 1. The molecule has 3 nitrogen and oxygen atoms in total. The minimum atomic E-state index is 0.444. The molecule has 0 fully saturated rings. The minimum Gasteiger partial charge on any atom is -0.304 e. The van der Waals surface area contributed by atoms with E-state index in [4.69, 9.17) is 0 Å². The number of aromatic nitrogens is 2. The molecule has 0 amide bonds. The predicted molar refractivity (Wildman–Crippen MR) is 63.0 cm³/mol. The molecule has 1 unspecified atom stereocenters. The molecule has 0 radical (unpaired) electrons. The Morgan fingerprint density at radius 3 is 2.94 bits per heavy atom. The third kappa shape index (κ3) is 1.63. The summed E-state index contributed by atoms with van der Waals surface area (Å²) in [6, 6.07) is 10.9. The van der Waals surface area contributed by atoms with E-state index >= 15 is 0 Å². The monoisotopic (exact) mass is 213 g/mol.